The number of nitrogens with zero attached hydrogens (tertiary/aromatic N) is 3. The normalized spacial score (nSPS) is 13.3. The van der Waals surface area contributed by atoms with Crippen LogP contribution in [0.25, 0.3) is 0 Å². The Balaban J connectivity index is 1.53. The summed E-state index contributed by atoms with van der Waals surface area (Å²) < 4.78 is 5.26. The fraction of sp³-hybridized carbons (Fsp3) is 0.125. The Kier molecular flexibility index (Phi) is 6.64. The highest BCUT2D eigenvalue weighted by Gasteiger charge is 2.21. The van der Waals surface area contributed by atoms with Crippen LogP contribution in [0.3, 0.4) is 0 Å². The summed E-state index contributed by atoms with van der Waals surface area (Å²) in [5, 5.41) is 3.64. The first-order valence-electron chi connectivity index (χ1n) is 9.81. The van der Waals surface area contributed by atoms with Crippen molar-refractivity contribution >= 4 is 40.0 Å². The van der Waals surface area contributed by atoms with Crippen molar-refractivity contribution in [2.75, 3.05) is 29.7 Å². The molecule has 0 saturated heterocycles. The van der Waals surface area contributed by atoms with Gasteiger partial charge in [0.05, 0.1) is 12.9 Å². The number of rotatable bonds is 6. The average Bonchev–Trinajstić information content (AvgIpc) is 2.84. The fourth-order valence-electron chi connectivity index (χ4n) is 3.04. The van der Waals surface area contributed by atoms with Gasteiger partial charge in [-0.05, 0) is 36.4 Å². The number of ether oxygens (including phenoxy) is 1. The summed E-state index contributed by atoms with van der Waals surface area (Å²) >= 11 is 1.39. The Hall–Kier alpha value is -3.58. The number of thioether (sulfide) groups is 1. The van der Waals surface area contributed by atoms with Crippen LogP contribution in [0.15, 0.2) is 94.9 Å². The first kappa shape index (κ1) is 20.7. The first-order valence-corrected chi connectivity index (χ1v) is 10.8. The lowest BCUT2D eigenvalue weighted by atomic mass is 10.2. The molecule has 0 saturated carbocycles. The number of aliphatic imine (C=N–C) groups is 2. The molecule has 31 heavy (non-hydrogen) atoms. The second-order valence-corrected chi connectivity index (χ2v) is 7.65. The van der Waals surface area contributed by atoms with Crippen LogP contribution >= 0.6 is 11.8 Å². The number of amides is 1. The number of methoxy groups -OCH3 is 1. The highest BCUT2D eigenvalue weighted by molar-refractivity contribution is 8.14. The molecule has 0 fully saturated rings. The minimum atomic E-state index is -0.0858. The van der Waals surface area contributed by atoms with Crippen LogP contribution in [0.1, 0.15) is 5.56 Å². The molecule has 156 valence electrons. The fourth-order valence-corrected chi connectivity index (χ4v) is 3.84. The third-order valence-corrected chi connectivity index (χ3v) is 5.58. The summed E-state index contributed by atoms with van der Waals surface area (Å²) in [6.45, 7) is 0.419. The van der Waals surface area contributed by atoms with Gasteiger partial charge in [-0.3, -0.25) is 4.79 Å². The van der Waals surface area contributed by atoms with Gasteiger partial charge < -0.3 is 15.0 Å². The maximum Gasteiger partial charge on any atom is 0.234 e. The molecule has 3 aromatic rings. The highest BCUT2D eigenvalue weighted by Crippen LogP contribution is 2.25. The molecular formula is C24H22N4O2S. The van der Waals surface area contributed by atoms with Gasteiger partial charge in [-0.2, -0.15) is 0 Å². The van der Waals surface area contributed by atoms with Crippen LogP contribution in [0.5, 0.6) is 5.75 Å². The molecule has 0 unspecified atom stereocenters. The lowest BCUT2D eigenvalue weighted by molar-refractivity contribution is -0.113. The number of carbonyl (C=O) groups excluding carboxylic acids is 1. The Morgan fingerprint density at radius 1 is 1.00 bits per heavy atom. The number of hydrogen-bond donors (Lipinski definition) is 1. The zero-order chi connectivity index (χ0) is 21.5. The van der Waals surface area contributed by atoms with Gasteiger partial charge in [0.2, 0.25) is 5.91 Å². The number of anilines is 2. The molecular weight excluding hydrogens is 408 g/mol. The van der Waals surface area contributed by atoms with Crippen molar-refractivity contribution in [3.8, 4) is 5.75 Å². The smallest absolute Gasteiger partial charge is 0.234 e. The summed E-state index contributed by atoms with van der Waals surface area (Å²) in [5.41, 5.74) is 2.66. The maximum atomic E-state index is 12.5. The Morgan fingerprint density at radius 3 is 2.35 bits per heavy atom. The monoisotopic (exact) mass is 430 g/mol. The largest absolute Gasteiger partial charge is 0.497 e. The van der Waals surface area contributed by atoms with Gasteiger partial charge in [0.15, 0.2) is 11.0 Å². The van der Waals surface area contributed by atoms with E-state index < -0.39 is 0 Å². The van der Waals surface area contributed by atoms with E-state index >= 15 is 0 Å². The molecule has 1 N–H and O–H groups in total. The number of hydrogen-bond acceptors (Lipinski definition) is 6. The van der Waals surface area contributed by atoms with Crippen LogP contribution < -0.4 is 15.0 Å². The van der Waals surface area contributed by atoms with E-state index in [-0.39, 0.29) is 11.7 Å². The molecule has 3 aromatic carbocycles. The van der Waals surface area contributed by atoms with Gasteiger partial charge in [-0.1, -0.05) is 60.3 Å². The van der Waals surface area contributed by atoms with Gasteiger partial charge in [0, 0.05) is 16.9 Å². The van der Waals surface area contributed by atoms with Crippen molar-refractivity contribution in [2.45, 2.75) is 0 Å². The van der Waals surface area contributed by atoms with Crippen molar-refractivity contribution in [2.24, 2.45) is 9.98 Å². The summed E-state index contributed by atoms with van der Waals surface area (Å²) in [5.74, 6) is 1.60. The molecule has 0 atom stereocenters. The van der Waals surface area contributed by atoms with E-state index in [9.17, 15) is 4.79 Å². The Morgan fingerprint density at radius 2 is 1.68 bits per heavy atom. The van der Waals surface area contributed by atoms with E-state index in [2.05, 4.69) is 10.3 Å². The van der Waals surface area contributed by atoms with Gasteiger partial charge in [0.25, 0.3) is 0 Å². The molecule has 1 aliphatic rings. The van der Waals surface area contributed by atoms with E-state index in [1.807, 2.05) is 89.8 Å². The molecule has 7 heteroatoms. The molecule has 0 bridgehead atoms. The molecule has 0 spiro atoms. The summed E-state index contributed by atoms with van der Waals surface area (Å²) in [7, 11) is 1.64. The van der Waals surface area contributed by atoms with Crippen molar-refractivity contribution in [3.63, 3.8) is 0 Å². The van der Waals surface area contributed by atoms with Gasteiger partial charge in [-0.15, -0.1) is 0 Å². The van der Waals surface area contributed by atoms with Gasteiger partial charge in [-0.25, -0.2) is 9.98 Å². The lowest BCUT2D eigenvalue weighted by Gasteiger charge is -2.27. The van der Waals surface area contributed by atoms with E-state index in [4.69, 9.17) is 9.73 Å². The molecule has 6 nitrogen and oxygen atoms in total. The number of para-hydroxylation sites is 1. The molecule has 0 aliphatic carbocycles. The summed E-state index contributed by atoms with van der Waals surface area (Å²) in [4.78, 5) is 23.9. The van der Waals surface area contributed by atoms with Crippen molar-refractivity contribution in [3.05, 3.63) is 90.5 Å². The number of nitrogens with one attached hydrogen (secondary N) is 1. The van der Waals surface area contributed by atoms with E-state index in [1.54, 1.807) is 7.11 Å². The predicted octanol–water partition coefficient (Wildman–Crippen LogP) is 4.65. The van der Waals surface area contributed by atoms with Crippen molar-refractivity contribution < 1.29 is 9.53 Å². The van der Waals surface area contributed by atoms with Gasteiger partial charge >= 0.3 is 0 Å². The molecule has 1 aliphatic heterocycles. The van der Waals surface area contributed by atoms with Crippen LogP contribution in [0.2, 0.25) is 0 Å². The second kappa shape index (κ2) is 9.95. The first-order chi connectivity index (χ1) is 15.2. The molecule has 0 radical (unpaired) electrons. The van der Waals surface area contributed by atoms with Crippen LogP contribution in [0, 0.1) is 0 Å². The highest BCUT2D eigenvalue weighted by atomic mass is 32.2. The maximum absolute atomic E-state index is 12.5. The van der Waals surface area contributed by atoms with Crippen LogP contribution in [-0.2, 0) is 4.79 Å². The second-order valence-electron chi connectivity index (χ2n) is 6.71. The summed E-state index contributed by atoms with van der Waals surface area (Å²) in [6.07, 6.45) is 0. The van der Waals surface area contributed by atoms with Crippen LogP contribution in [0.4, 0.5) is 11.4 Å². The Labute approximate surface area is 185 Å². The molecule has 4 rings (SSSR count). The van der Waals surface area contributed by atoms with Gasteiger partial charge in [0.1, 0.15) is 12.4 Å². The third-order valence-electron chi connectivity index (χ3n) is 4.60. The molecule has 0 aromatic heterocycles. The molecule has 1 heterocycles. The van der Waals surface area contributed by atoms with E-state index in [1.165, 1.54) is 11.8 Å². The zero-order valence-corrected chi connectivity index (χ0v) is 17.9. The predicted molar refractivity (Wildman–Crippen MR) is 128 cm³/mol. The van der Waals surface area contributed by atoms with Crippen LogP contribution in [-0.4, -0.2) is 36.4 Å². The minimum absolute atomic E-state index is 0.0858. The van der Waals surface area contributed by atoms with E-state index in [0.717, 1.165) is 27.9 Å². The van der Waals surface area contributed by atoms with Crippen molar-refractivity contribution in [1.29, 1.82) is 0 Å². The topological polar surface area (TPSA) is 66.3 Å². The lowest BCUT2D eigenvalue weighted by Crippen LogP contribution is -2.34. The number of amidine groups is 2. The quantitative estimate of drug-likeness (QED) is 0.618. The SMILES string of the molecule is COc1ccc(N2CN=C(c3ccccc3)N=C2SCC(=O)Nc2ccccc2)cc1. The average molecular weight is 431 g/mol. The van der Waals surface area contributed by atoms with E-state index in [0.29, 0.717) is 12.5 Å². The van der Waals surface area contributed by atoms with Crippen molar-refractivity contribution in [1.82, 2.24) is 0 Å². The Bertz CT molecular complexity index is 1080. The molecule has 1 amide bonds. The zero-order valence-electron chi connectivity index (χ0n) is 17.1. The summed E-state index contributed by atoms with van der Waals surface area (Å²) in [6, 6.07) is 27.0. The minimum Gasteiger partial charge on any atom is -0.497 e. The number of carbonyl (C=O) groups is 1. The number of benzene rings is 3. The standard InChI is InChI=1S/C24H22N4O2S/c1-30-21-14-12-20(13-15-21)28-17-25-23(18-8-4-2-5-9-18)27-24(28)31-16-22(29)26-19-10-6-3-7-11-19/h2-15H,16-17H2,1H3,(H,26,29). The third kappa shape index (κ3) is 5.32.